The van der Waals surface area contributed by atoms with Crippen LogP contribution in [0.4, 0.5) is 17.2 Å². The number of aryl methyl sites for hydroxylation is 1. The first-order valence-corrected chi connectivity index (χ1v) is 8.51. The lowest BCUT2D eigenvalue weighted by molar-refractivity contribution is 0.949. The Balaban J connectivity index is 1.75. The van der Waals surface area contributed by atoms with E-state index in [9.17, 15) is 0 Å². The van der Waals surface area contributed by atoms with Crippen molar-refractivity contribution < 1.29 is 0 Å². The molecule has 5 heteroatoms. The van der Waals surface area contributed by atoms with E-state index in [2.05, 4.69) is 56.8 Å². The number of para-hydroxylation sites is 2. The van der Waals surface area contributed by atoms with Gasteiger partial charge >= 0.3 is 0 Å². The lowest BCUT2D eigenvalue weighted by Gasteiger charge is -2.21. The van der Waals surface area contributed by atoms with E-state index >= 15 is 0 Å². The molecule has 22 heavy (non-hydrogen) atoms. The van der Waals surface area contributed by atoms with Gasteiger partial charge in [-0.15, -0.1) is 11.3 Å². The molecule has 0 spiro atoms. The van der Waals surface area contributed by atoms with E-state index in [-0.39, 0.29) is 0 Å². The summed E-state index contributed by atoms with van der Waals surface area (Å²) in [4.78, 5) is 12.3. The van der Waals surface area contributed by atoms with Crippen LogP contribution in [0.15, 0.2) is 36.0 Å². The van der Waals surface area contributed by atoms with Crippen molar-refractivity contribution in [2.75, 3.05) is 23.3 Å². The van der Waals surface area contributed by atoms with Gasteiger partial charge in [0, 0.05) is 13.1 Å². The van der Waals surface area contributed by atoms with Crippen LogP contribution in [-0.4, -0.2) is 23.1 Å². The quantitative estimate of drug-likeness (QED) is 0.781. The number of rotatable bonds is 3. The Labute approximate surface area is 133 Å². The van der Waals surface area contributed by atoms with Crippen LogP contribution < -0.4 is 10.2 Å². The Morgan fingerprint density at radius 2 is 1.95 bits per heavy atom. The summed E-state index contributed by atoms with van der Waals surface area (Å²) in [5.41, 5.74) is 3.61. The van der Waals surface area contributed by atoms with Crippen molar-refractivity contribution in [3.63, 3.8) is 0 Å². The van der Waals surface area contributed by atoms with Gasteiger partial charge in [0.25, 0.3) is 0 Å². The molecule has 1 aliphatic heterocycles. The van der Waals surface area contributed by atoms with Crippen molar-refractivity contribution in [2.24, 2.45) is 0 Å². The van der Waals surface area contributed by atoms with Gasteiger partial charge in [-0.2, -0.15) is 0 Å². The molecule has 1 fully saturated rings. The van der Waals surface area contributed by atoms with Crippen molar-refractivity contribution in [1.82, 2.24) is 9.97 Å². The molecule has 0 atom stereocenters. The summed E-state index contributed by atoms with van der Waals surface area (Å²) in [6, 6.07) is 8.49. The second kappa shape index (κ2) is 5.57. The third kappa shape index (κ3) is 2.31. The topological polar surface area (TPSA) is 41.1 Å². The van der Waals surface area contributed by atoms with Crippen LogP contribution in [0, 0.1) is 6.92 Å². The van der Waals surface area contributed by atoms with Gasteiger partial charge in [0.1, 0.15) is 17.0 Å². The molecule has 0 bridgehead atoms. The molecule has 0 aliphatic carbocycles. The predicted molar refractivity (Wildman–Crippen MR) is 93.3 cm³/mol. The van der Waals surface area contributed by atoms with Gasteiger partial charge in [-0.25, -0.2) is 9.97 Å². The molecule has 112 valence electrons. The largest absolute Gasteiger partial charge is 0.370 e. The maximum absolute atomic E-state index is 4.47. The standard InChI is InChI=1S/C17H18N4S/c1-12-10-22-17-15(12)16(18-11-19-17)20-13-6-2-3-7-14(13)21-8-4-5-9-21/h2-3,6-7,10-11H,4-5,8-9H2,1H3,(H,18,19,20). The smallest absolute Gasteiger partial charge is 0.142 e. The maximum Gasteiger partial charge on any atom is 0.142 e. The van der Waals surface area contributed by atoms with Crippen LogP contribution in [-0.2, 0) is 0 Å². The molecule has 3 aromatic rings. The molecule has 4 nitrogen and oxygen atoms in total. The minimum absolute atomic E-state index is 0.899. The molecule has 0 saturated carbocycles. The summed E-state index contributed by atoms with van der Waals surface area (Å²) in [5.74, 6) is 0.899. The molecule has 2 aromatic heterocycles. The Bertz CT molecular complexity index is 805. The monoisotopic (exact) mass is 310 g/mol. The van der Waals surface area contributed by atoms with E-state index < -0.39 is 0 Å². The van der Waals surface area contributed by atoms with Gasteiger partial charge in [-0.3, -0.25) is 0 Å². The van der Waals surface area contributed by atoms with Crippen LogP contribution in [0.5, 0.6) is 0 Å². The number of benzene rings is 1. The number of nitrogens with one attached hydrogen (secondary N) is 1. The average molecular weight is 310 g/mol. The van der Waals surface area contributed by atoms with Gasteiger partial charge in [0.15, 0.2) is 0 Å². The predicted octanol–water partition coefficient (Wildman–Crippen LogP) is 4.34. The van der Waals surface area contributed by atoms with Gasteiger partial charge < -0.3 is 10.2 Å². The molecular weight excluding hydrogens is 292 g/mol. The van der Waals surface area contributed by atoms with Crippen LogP contribution in [0.1, 0.15) is 18.4 Å². The van der Waals surface area contributed by atoms with Gasteiger partial charge in [-0.1, -0.05) is 12.1 Å². The van der Waals surface area contributed by atoms with Crippen LogP contribution in [0.3, 0.4) is 0 Å². The fourth-order valence-corrected chi connectivity index (χ4v) is 3.94. The van der Waals surface area contributed by atoms with E-state index in [4.69, 9.17) is 0 Å². The lowest BCUT2D eigenvalue weighted by atomic mass is 10.2. The van der Waals surface area contributed by atoms with Crippen LogP contribution in [0.25, 0.3) is 10.2 Å². The molecule has 0 unspecified atom stereocenters. The first-order chi connectivity index (χ1) is 10.8. The van der Waals surface area contributed by atoms with Crippen molar-refractivity contribution in [1.29, 1.82) is 0 Å². The zero-order valence-corrected chi connectivity index (χ0v) is 13.4. The third-order valence-electron chi connectivity index (χ3n) is 4.16. The second-order valence-electron chi connectivity index (χ2n) is 5.66. The molecule has 4 rings (SSSR count). The molecule has 0 amide bonds. The number of anilines is 3. The first-order valence-electron chi connectivity index (χ1n) is 7.63. The Morgan fingerprint density at radius 3 is 2.82 bits per heavy atom. The molecule has 0 radical (unpaired) electrons. The van der Waals surface area contributed by atoms with E-state index in [0.717, 1.165) is 34.8 Å². The highest BCUT2D eigenvalue weighted by Gasteiger charge is 2.16. The van der Waals surface area contributed by atoms with E-state index in [0.29, 0.717) is 0 Å². The summed E-state index contributed by atoms with van der Waals surface area (Å²) in [7, 11) is 0. The maximum atomic E-state index is 4.47. The number of thiophene rings is 1. The van der Waals surface area contributed by atoms with E-state index in [1.54, 1.807) is 17.7 Å². The van der Waals surface area contributed by atoms with Gasteiger partial charge in [0.2, 0.25) is 0 Å². The zero-order chi connectivity index (χ0) is 14.9. The molecule has 1 aliphatic rings. The molecule has 3 heterocycles. The van der Waals surface area contributed by atoms with Crippen molar-refractivity contribution >= 4 is 38.7 Å². The fraction of sp³-hybridized carbons (Fsp3) is 0.294. The fourth-order valence-electron chi connectivity index (χ4n) is 3.05. The highest BCUT2D eigenvalue weighted by atomic mass is 32.1. The van der Waals surface area contributed by atoms with Crippen molar-refractivity contribution in [3.05, 3.63) is 41.5 Å². The SMILES string of the molecule is Cc1csc2ncnc(Nc3ccccc3N3CCCC3)c12. The summed E-state index contributed by atoms with van der Waals surface area (Å²) < 4.78 is 0. The molecule has 1 aromatic carbocycles. The number of hydrogen-bond acceptors (Lipinski definition) is 5. The summed E-state index contributed by atoms with van der Waals surface area (Å²) in [6.45, 7) is 4.38. The Kier molecular flexibility index (Phi) is 3.42. The molecule has 1 saturated heterocycles. The lowest BCUT2D eigenvalue weighted by Crippen LogP contribution is -2.18. The Morgan fingerprint density at radius 1 is 1.14 bits per heavy atom. The van der Waals surface area contributed by atoms with E-state index in [1.807, 2.05) is 0 Å². The van der Waals surface area contributed by atoms with Crippen LogP contribution in [0.2, 0.25) is 0 Å². The normalized spacial score (nSPS) is 14.7. The number of fused-ring (bicyclic) bond motifs is 1. The minimum Gasteiger partial charge on any atom is -0.370 e. The minimum atomic E-state index is 0.899. The van der Waals surface area contributed by atoms with Crippen molar-refractivity contribution in [3.8, 4) is 0 Å². The number of aromatic nitrogens is 2. The van der Waals surface area contributed by atoms with Gasteiger partial charge in [-0.05, 0) is 42.8 Å². The number of nitrogens with zero attached hydrogens (tertiary/aromatic N) is 3. The highest BCUT2D eigenvalue weighted by molar-refractivity contribution is 7.17. The average Bonchev–Trinajstić information content (AvgIpc) is 3.19. The van der Waals surface area contributed by atoms with Crippen LogP contribution >= 0.6 is 11.3 Å². The van der Waals surface area contributed by atoms with Gasteiger partial charge in [0.05, 0.1) is 16.8 Å². The summed E-state index contributed by atoms with van der Waals surface area (Å²) in [5, 5.41) is 6.80. The second-order valence-corrected chi connectivity index (χ2v) is 6.52. The highest BCUT2D eigenvalue weighted by Crippen LogP contribution is 2.34. The molecular formula is C17H18N4S. The third-order valence-corrected chi connectivity index (χ3v) is 5.16. The molecule has 1 N–H and O–H groups in total. The summed E-state index contributed by atoms with van der Waals surface area (Å²) in [6.07, 6.45) is 4.19. The Hall–Kier alpha value is -2.14. The van der Waals surface area contributed by atoms with Crippen molar-refractivity contribution in [2.45, 2.75) is 19.8 Å². The van der Waals surface area contributed by atoms with E-state index in [1.165, 1.54) is 24.1 Å². The first kappa shape index (κ1) is 13.5. The summed E-state index contributed by atoms with van der Waals surface area (Å²) >= 11 is 1.67. The zero-order valence-electron chi connectivity index (χ0n) is 12.5. The number of hydrogen-bond donors (Lipinski definition) is 1.